The van der Waals surface area contributed by atoms with E-state index < -0.39 is 15.9 Å². The van der Waals surface area contributed by atoms with Crippen LogP contribution in [0.1, 0.15) is 32.3 Å². The molecule has 0 aromatic heterocycles. The molecule has 0 radical (unpaired) electrons. The smallest absolute Gasteiger partial charge is 0.255 e. The zero-order valence-electron chi connectivity index (χ0n) is 16.3. The third-order valence-electron chi connectivity index (χ3n) is 4.71. The lowest BCUT2D eigenvalue weighted by molar-refractivity contribution is -0.121. The summed E-state index contributed by atoms with van der Waals surface area (Å²) in [5, 5.41) is 4.20. The van der Waals surface area contributed by atoms with E-state index in [9.17, 15) is 13.2 Å². The summed E-state index contributed by atoms with van der Waals surface area (Å²) in [6.45, 7) is 9.50. The van der Waals surface area contributed by atoms with Gasteiger partial charge in [0.25, 0.3) is 5.91 Å². The summed E-state index contributed by atoms with van der Waals surface area (Å²) in [6, 6.07) is 6.52. The van der Waals surface area contributed by atoms with Gasteiger partial charge in [0.2, 0.25) is 10.0 Å². The van der Waals surface area contributed by atoms with Crippen LogP contribution in [0.4, 0.5) is 0 Å². The van der Waals surface area contributed by atoms with Gasteiger partial charge in [0.15, 0.2) is 0 Å². The minimum atomic E-state index is -3.72. The molecule has 0 aliphatic heterocycles. The highest BCUT2D eigenvalue weighted by Gasteiger charge is 2.23. The van der Waals surface area contributed by atoms with Gasteiger partial charge in [0, 0.05) is 7.05 Å². The lowest BCUT2D eigenvalue weighted by Crippen LogP contribution is -2.37. The summed E-state index contributed by atoms with van der Waals surface area (Å²) in [5.74, 6) is -0.167. The van der Waals surface area contributed by atoms with E-state index in [0.29, 0.717) is 5.92 Å². The minimum absolute atomic E-state index is 0.157. The number of aryl methyl sites for hydroxylation is 1. The van der Waals surface area contributed by atoms with Crippen molar-refractivity contribution in [1.29, 1.82) is 0 Å². The zero-order valence-corrected chi connectivity index (χ0v) is 17.1. The Morgan fingerprint density at radius 3 is 2.52 bits per heavy atom. The van der Waals surface area contributed by atoms with Crippen LogP contribution in [0.15, 0.2) is 58.1 Å². The van der Waals surface area contributed by atoms with Crippen LogP contribution in [0.3, 0.4) is 0 Å². The molecule has 2 rings (SSSR count). The van der Waals surface area contributed by atoms with Crippen LogP contribution in [0.25, 0.3) is 0 Å². The van der Waals surface area contributed by atoms with Crippen LogP contribution in [-0.2, 0) is 14.8 Å². The Bertz CT molecular complexity index is 884. The maximum absolute atomic E-state index is 12.5. The van der Waals surface area contributed by atoms with Crippen LogP contribution in [0, 0.1) is 12.8 Å². The predicted octanol–water partition coefficient (Wildman–Crippen LogP) is 3.02. The number of likely N-dealkylation sites (N-methyl/N-ethyl adjacent to an activating group) is 1. The van der Waals surface area contributed by atoms with Gasteiger partial charge in [-0.3, -0.25) is 4.79 Å². The van der Waals surface area contributed by atoms with Crippen molar-refractivity contribution in [3.05, 3.63) is 53.6 Å². The lowest BCUT2D eigenvalue weighted by Gasteiger charge is -2.22. The van der Waals surface area contributed by atoms with Gasteiger partial charge in [-0.05, 0) is 57.2 Å². The molecule has 7 heteroatoms. The molecule has 0 heterocycles. The molecule has 0 bridgehead atoms. The molecule has 1 N–H and O–H groups in total. The molecule has 0 unspecified atom stereocenters. The first-order chi connectivity index (χ1) is 12.6. The van der Waals surface area contributed by atoms with E-state index in [1.165, 1.54) is 19.2 Å². The summed E-state index contributed by atoms with van der Waals surface area (Å²) in [5.41, 5.74) is 6.35. The van der Waals surface area contributed by atoms with Gasteiger partial charge in [0.05, 0.1) is 17.2 Å². The normalized spacial score (nSPS) is 19.1. The molecular formula is C20H27N3O3S. The minimum Gasteiger partial charge on any atom is -0.272 e. The maximum atomic E-state index is 12.5. The number of nitrogens with one attached hydrogen (secondary N) is 1. The number of hydrogen-bond donors (Lipinski definition) is 1. The van der Waals surface area contributed by atoms with Gasteiger partial charge in [-0.1, -0.05) is 35.9 Å². The Hall–Kier alpha value is -2.25. The molecule has 146 valence electrons. The SMILES string of the molecule is C=C(C)[C@H]1CC=C(C)/C(=N\NC(=O)CN(C)S(=O)(=O)c2ccc(C)cc2)C1. The molecule has 0 fully saturated rings. The van der Waals surface area contributed by atoms with E-state index in [1.54, 1.807) is 12.1 Å². The van der Waals surface area contributed by atoms with Crippen LogP contribution >= 0.6 is 0 Å². The van der Waals surface area contributed by atoms with E-state index in [4.69, 9.17) is 0 Å². The highest BCUT2D eigenvalue weighted by molar-refractivity contribution is 7.89. The molecule has 0 saturated heterocycles. The molecular weight excluding hydrogens is 362 g/mol. The van der Waals surface area contributed by atoms with Gasteiger partial charge in [-0.15, -0.1) is 0 Å². The first-order valence-electron chi connectivity index (χ1n) is 8.82. The van der Waals surface area contributed by atoms with Crippen LogP contribution < -0.4 is 5.43 Å². The number of nitrogens with zero attached hydrogens (tertiary/aromatic N) is 2. The van der Waals surface area contributed by atoms with Gasteiger partial charge < -0.3 is 0 Å². The van der Waals surface area contributed by atoms with Crippen molar-refractivity contribution in [2.75, 3.05) is 13.6 Å². The molecule has 1 aliphatic carbocycles. The number of hydrazone groups is 1. The third-order valence-corrected chi connectivity index (χ3v) is 6.53. The van der Waals surface area contributed by atoms with Crippen molar-refractivity contribution in [3.63, 3.8) is 0 Å². The fourth-order valence-electron chi connectivity index (χ4n) is 2.77. The number of sulfonamides is 1. The molecule has 6 nitrogen and oxygen atoms in total. The highest BCUT2D eigenvalue weighted by atomic mass is 32.2. The predicted molar refractivity (Wildman–Crippen MR) is 108 cm³/mol. The number of benzene rings is 1. The summed E-state index contributed by atoms with van der Waals surface area (Å²) in [4.78, 5) is 12.3. The topological polar surface area (TPSA) is 78.8 Å². The van der Waals surface area contributed by atoms with E-state index in [1.807, 2.05) is 20.8 Å². The summed E-state index contributed by atoms with van der Waals surface area (Å²) in [7, 11) is -2.34. The van der Waals surface area contributed by atoms with E-state index >= 15 is 0 Å². The van der Waals surface area contributed by atoms with Gasteiger partial charge in [0.1, 0.15) is 0 Å². The van der Waals surface area contributed by atoms with Gasteiger partial charge >= 0.3 is 0 Å². The van der Waals surface area contributed by atoms with Crippen molar-refractivity contribution in [2.24, 2.45) is 11.0 Å². The number of carbonyl (C=O) groups excluding carboxylic acids is 1. The highest BCUT2D eigenvalue weighted by Crippen LogP contribution is 2.26. The fraction of sp³-hybridized carbons (Fsp3) is 0.400. The van der Waals surface area contributed by atoms with Crippen molar-refractivity contribution >= 4 is 21.6 Å². The number of allylic oxidation sites excluding steroid dienone is 3. The Morgan fingerprint density at radius 1 is 1.30 bits per heavy atom. The standard InChI is InChI=1S/C20H27N3O3S/c1-14(2)17-9-8-16(4)19(12-17)21-22-20(24)13-23(5)27(25,26)18-10-6-15(3)7-11-18/h6-8,10-11,17H,1,9,12-13H2,2-5H3,(H,22,24)/b21-19-/t17-/m0/s1. The van der Waals surface area contributed by atoms with Crippen LogP contribution in [0.2, 0.25) is 0 Å². The van der Waals surface area contributed by atoms with Crippen LogP contribution in [-0.4, -0.2) is 37.9 Å². The zero-order chi connectivity index (χ0) is 20.2. The quantitative estimate of drug-likeness (QED) is 0.600. The van der Waals surface area contributed by atoms with E-state index in [0.717, 1.165) is 39.6 Å². The Kier molecular flexibility index (Phi) is 6.73. The first kappa shape index (κ1) is 21.1. The van der Waals surface area contributed by atoms with Crippen molar-refractivity contribution in [2.45, 2.75) is 38.5 Å². The maximum Gasteiger partial charge on any atom is 0.255 e. The van der Waals surface area contributed by atoms with E-state index in [-0.39, 0.29) is 11.4 Å². The lowest BCUT2D eigenvalue weighted by atomic mass is 9.85. The number of amides is 1. The average Bonchev–Trinajstić information content (AvgIpc) is 2.61. The Labute approximate surface area is 161 Å². The van der Waals surface area contributed by atoms with Crippen molar-refractivity contribution in [3.8, 4) is 0 Å². The monoisotopic (exact) mass is 389 g/mol. The van der Waals surface area contributed by atoms with E-state index in [2.05, 4.69) is 23.2 Å². The third kappa shape index (κ3) is 5.37. The second-order valence-electron chi connectivity index (χ2n) is 7.04. The van der Waals surface area contributed by atoms with Gasteiger partial charge in [-0.2, -0.15) is 9.41 Å². The largest absolute Gasteiger partial charge is 0.272 e. The summed E-state index contributed by atoms with van der Waals surface area (Å²) in [6.07, 6.45) is 3.73. The van der Waals surface area contributed by atoms with Gasteiger partial charge in [-0.25, -0.2) is 13.8 Å². The number of hydrogen-bond acceptors (Lipinski definition) is 4. The molecule has 1 aliphatic rings. The molecule has 1 atom stereocenters. The molecule has 1 aromatic carbocycles. The Balaban J connectivity index is 2.02. The molecule has 27 heavy (non-hydrogen) atoms. The van der Waals surface area contributed by atoms with Crippen molar-refractivity contribution < 1.29 is 13.2 Å². The molecule has 0 spiro atoms. The summed E-state index contributed by atoms with van der Waals surface area (Å²) >= 11 is 0. The Morgan fingerprint density at radius 2 is 1.93 bits per heavy atom. The fourth-order valence-corrected chi connectivity index (χ4v) is 3.89. The molecule has 1 aromatic rings. The number of rotatable bonds is 6. The van der Waals surface area contributed by atoms with Crippen molar-refractivity contribution in [1.82, 2.24) is 9.73 Å². The molecule has 1 amide bonds. The summed E-state index contributed by atoms with van der Waals surface area (Å²) < 4.78 is 26.1. The second-order valence-corrected chi connectivity index (χ2v) is 9.08. The van der Waals surface area contributed by atoms with Crippen LogP contribution in [0.5, 0.6) is 0 Å². The molecule has 0 saturated carbocycles. The first-order valence-corrected chi connectivity index (χ1v) is 10.3. The average molecular weight is 390 g/mol. The second kappa shape index (κ2) is 8.63. The number of carbonyl (C=O) groups is 1.